The molecule has 0 fully saturated rings. The van der Waals surface area contributed by atoms with Gasteiger partial charge in [0.05, 0.1) is 4.90 Å². The number of H-pyrrole nitrogens is 1. The van der Waals surface area contributed by atoms with Crippen LogP contribution in [0.15, 0.2) is 70.7 Å². The second-order valence-corrected chi connectivity index (χ2v) is 6.97. The van der Waals surface area contributed by atoms with Crippen molar-refractivity contribution in [1.29, 1.82) is 0 Å². The molecular formula is C17H15N3O3S. The van der Waals surface area contributed by atoms with Crippen LogP contribution in [0.25, 0.3) is 11.1 Å². The van der Waals surface area contributed by atoms with E-state index in [-0.39, 0.29) is 10.6 Å². The maximum absolute atomic E-state index is 12.4. The van der Waals surface area contributed by atoms with Gasteiger partial charge in [-0.05, 0) is 42.8 Å². The van der Waals surface area contributed by atoms with Crippen molar-refractivity contribution in [2.75, 3.05) is 4.72 Å². The Morgan fingerprint density at radius 1 is 1.00 bits per heavy atom. The summed E-state index contributed by atoms with van der Waals surface area (Å²) in [5, 5.41) is 0. The van der Waals surface area contributed by atoms with Gasteiger partial charge in [-0.2, -0.15) is 0 Å². The fourth-order valence-electron chi connectivity index (χ4n) is 2.19. The van der Waals surface area contributed by atoms with E-state index in [4.69, 9.17) is 0 Å². The molecule has 0 bridgehead atoms. The molecule has 3 aromatic rings. The molecule has 0 saturated heterocycles. The first-order valence-corrected chi connectivity index (χ1v) is 8.67. The average Bonchev–Trinajstić information content (AvgIpc) is 2.58. The second-order valence-electron chi connectivity index (χ2n) is 5.29. The molecule has 2 aromatic heterocycles. The van der Waals surface area contributed by atoms with E-state index >= 15 is 0 Å². The molecule has 122 valence electrons. The highest BCUT2D eigenvalue weighted by molar-refractivity contribution is 7.92. The van der Waals surface area contributed by atoms with Crippen molar-refractivity contribution in [3.8, 4) is 11.1 Å². The van der Waals surface area contributed by atoms with Gasteiger partial charge in [0.25, 0.3) is 15.6 Å². The third kappa shape index (κ3) is 3.36. The standard InChI is InChI=1S/C17H15N3O3S/c1-12-2-4-15(5-3-12)24(22,23)20-16-10-14(11-19-17(16)21)13-6-8-18-9-7-13/h2-11,20H,1H3,(H,19,21). The van der Waals surface area contributed by atoms with Gasteiger partial charge in [-0.15, -0.1) is 0 Å². The minimum Gasteiger partial charge on any atom is -0.327 e. The molecule has 2 heterocycles. The van der Waals surface area contributed by atoms with Crippen LogP contribution in [0.3, 0.4) is 0 Å². The van der Waals surface area contributed by atoms with E-state index in [0.717, 1.165) is 11.1 Å². The average molecular weight is 341 g/mol. The molecule has 0 amide bonds. The fraction of sp³-hybridized carbons (Fsp3) is 0.0588. The zero-order valence-corrected chi connectivity index (χ0v) is 13.7. The lowest BCUT2D eigenvalue weighted by molar-refractivity contribution is 0.601. The number of pyridine rings is 2. The van der Waals surface area contributed by atoms with Crippen molar-refractivity contribution in [2.24, 2.45) is 0 Å². The normalized spacial score (nSPS) is 11.2. The van der Waals surface area contributed by atoms with Gasteiger partial charge in [-0.3, -0.25) is 14.5 Å². The van der Waals surface area contributed by atoms with Gasteiger partial charge in [0.2, 0.25) is 0 Å². The summed E-state index contributed by atoms with van der Waals surface area (Å²) in [6.07, 6.45) is 4.77. The number of aromatic amines is 1. The molecular weight excluding hydrogens is 326 g/mol. The number of anilines is 1. The van der Waals surface area contributed by atoms with Gasteiger partial charge in [-0.1, -0.05) is 17.7 Å². The van der Waals surface area contributed by atoms with E-state index in [0.29, 0.717) is 5.56 Å². The van der Waals surface area contributed by atoms with E-state index in [2.05, 4.69) is 14.7 Å². The first-order chi connectivity index (χ1) is 11.5. The third-order valence-electron chi connectivity index (χ3n) is 3.49. The molecule has 1 aromatic carbocycles. The number of hydrogen-bond acceptors (Lipinski definition) is 4. The molecule has 3 rings (SSSR count). The van der Waals surface area contributed by atoms with Crippen LogP contribution in [0.4, 0.5) is 5.69 Å². The van der Waals surface area contributed by atoms with E-state index < -0.39 is 15.6 Å². The van der Waals surface area contributed by atoms with Crippen molar-refractivity contribution in [3.63, 3.8) is 0 Å². The van der Waals surface area contributed by atoms with E-state index in [1.807, 2.05) is 6.92 Å². The minimum absolute atomic E-state index is 0.0371. The van der Waals surface area contributed by atoms with Crippen LogP contribution >= 0.6 is 0 Å². The highest BCUT2D eigenvalue weighted by atomic mass is 32.2. The maximum Gasteiger partial charge on any atom is 0.272 e. The van der Waals surface area contributed by atoms with Gasteiger partial charge >= 0.3 is 0 Å². The molecule has 7 heteroatoms. The molecule has 0 radical (unpaired) electrons. The number of rotatable bonds is 4. The van der Waals surface area contributed by atoms with Gasteiger partial charge in [0.1, 0.15) is 5.69 Å². The van der Waals surface area contributed by atoms with Crippen molar-refractivity contribution in [1.82, 2.24) is 9.97 Å². The number of aryl methyl sites for hydroxylation is 1. The van der Waals surface area contributed by atoms with E-state index in [9.17, 15) is 13.2 Å². The Morgan fingerprint density at radius 2 is 1.67 bits per heavy atom. The molecule has 2 N–H and O–H groups in total. The van der Waals surface area contributed by atoms with Crippen molar-refractivity contribution in [3.05, 3.63) is 77.0 Å². The quantitative estimate of drug-likeness (QED) is 0.763. The highest BCUT2D eigenvalue weighted by Crippen LogP contribution is 2.20. The summed E-state index contributed by atoms with van der Waals surface area (Å²) in [6, 6.07) is 11.4. The van der Waals surface area contributed by atoms with Gasteiger partial charge in [0.15, 0.2) is 0 Å². The molecule has 0 aliphatic rings. The summed E-state index contributed by atoms with van der Waals surface area (Å²) in [7, 11) is -3.83. The van der Waals surface area contributed by atoms with Gasteiger partial charge in [0, 0.05) is 24.2 Å². The Morgan fingerprint density at radius 3 is 2.33 bits per heavy atom. The lowest BCUT2D eigenvalue weighted by atomic mass is 10.1. The van der Waals surface area contributed by atoms with Crippen molar-refractivity contribution < 1.29 is 8.42 Å². The van der Waals surface area contributed by atoms with Crippen LogP contribution in [-0.2, 0) is 10.0 Å². The van der Waals surface area contributed by atoms with Crippen LogP contribution < -0.4 is 10.3 Å². The summed E-state index contributed by atoms with van der Waals surface area (Å²) >= 11 is 0. The number of aromatic nitrogens is 2. The number of nitrogens with one attached hydrogen (secondary N) is 2. The SMILES string of the molecule is Cc1ccc(S(=O)(=O)Nc2cc(-c3ccncc3)c[nH]c2=O)cc1. The predicted molar refractivity (Wildman–Crippen MR) is 92.3 cm³/mol. The molecule has 0 saturated carbocycles. The smallest absolute Gasteiger partial charge is 0.272 e. The third-order valence-corrected chi connectivity index (χ3v) is 4.87. The van der Waals surface area contributed by atoms with Gasteiger partial charge in [-0.25, -0.2) is 8.42 Å². The number of hydrogen-bond donors (Lipinski definition) is 2. The molecule has 0 spiro atoms. The second kappa shape index (κ2) is 6.29. The lowest BCUT2D eigenvalue weighted by Gasteiger charge is -2.09. The fourth-order valence-corrected chi connectivity index (χ4v) is 3.25. The Hall–Kier alpha value is -2.93. The first kappa shape index (κ1) is 15.9. The van der Waals surface area contributed by atoms with Crippen LogP contribution in [0.2, 0.25) is 0 Å². The molecule has 0 aliphatic heterocycles. The van der Waals surface area contributed by atoms with Gasteiger partial charge < -0.3 is 4.98 Å². The number of benzene rings is 1. The Bertz CT molecular complexity index is 1010. The van der Waals surface area contributed by atoms with E-state index in [1.54, 1.807) is 36.7 Å². The molecule has 6 nitrogen and oxygen atoms in total. The molecule has 0 atom stereocenters. The highest BCUT2D eigenvalue weighted by Gasteiger charge is 2.16. The number of nitrogens with zero attached hydrogens (tertiary/aromatic N) is 1. The molecule has 0 unspecified atom stereocenters. The Labute approximate surface area is 139 Å². The molecule has 0 aliphatic carbocycles. The summed E-state index contributed by atoms with van der Waals surface area (Å²) in [4.78, 5) is 18.6. The van der Waals surface area contributed by atoms with Crippen LogP contribution in [0.5, 0.6) is 0 Å². The van der Waals surface area contributed by atoms with Crippen molar-refractivity contribution >= 4 is 15.7 Å². The summed E-state index contributed by atoms with van der Waals surface area (Å²) < 4.78 is 27.2. The zero-order valence-electron chi connectivity index (χ0n) is 12.9. The lowest BCUT2D eigenvalue weighted by Crippen LogP contribution is -2.20. The Kier molecular flexibility index (Phi) is 4.18. The minimum atomic E-state index is -3.83. The summed E-state index contributed by atoms with van der Waals surface area (Å²) in [6.45, 7) is 1.87. The van der Waals surface area contributed by atoms with E-state index in [1.165, 1.54) is 24.4 Å². The number of sulfonamides is 1. The van der Waals surface area contributed by atoms with Crippen LogP contribution in [0, 0.1) is 6.92 Å². The Balaban J connectivity index is 1.98. The topological polar surface area (TPSA) is 91.9 Å². The summed E-state index contributed by atoms with van der Waals surface area (Å²) in [5.41, 5.74) is 1.90. The molecule has 24 heavy (non-hydrogen) atoms. The van der Waals surface area contributed by atoms with Crippen LogP contribution in [-0.4, -0.2) is 18.4 Å². The predicted octanol–water partition coefficient (Wildman–Crippen LogP) is 2.55. The zero-order chi connectivity index (χ0) is 17.2. The first-order valence-electron chi connectivity index (χ1n) is 7.18. The van der Waals surface area contributed by atoms with Crippen LogP contribution in [0.1, 0.15) is 5.56 Å². The monoisotopic (exact) mass is 341 g/mol. The largest absolute Gasteiger partial charge is 0.327 e. The van der Waals surface area contributed by atoms with Crippen molar-refractivity contribution in [2.45, 2.75) is 11.8 Å². The summed E-state index contributed by atoms with van der Waals surface area (Å²) in [5.74, 6) is 0. The maximum atomic E-state index is 12.4.